The number of amidine groups is 1. The van der Waals surface area contributed by atoms with Gasteiger partial charge in [-0.3, -0.25) is 4.98 Å². The molecule has 1 saturated heterocycles. The maximum atomic E-state index is 8.58. The van der Waals surface area contributed by atoms with Crippen LogP contribution in [0.4, 0.5) is 5.69 Å². The van der Waals surface area contributed by atoms with Gasteiger partial charge in [0.25, 0.3) is 0 Å². The van der Waals surface area contributed by atoms with Crippen LogP contribution in [0.15, 0.2) is 23.5 Å². The Kier molecular flexibility index (Phi) is 4.57. The molecule has 1 aromatic heterocycles. The number of hydrogen-bond donors (Lipinski definition) is 2. The Morgan fingerprint density at radius 3 is 3.05 bits per heavy atom. The molecule has 3 N–H and O–H groups in total. The number of oxime groups is 1. The second-order valence-electron chi connectivity index (χ2n) is 4.85. The molecule has 6 nitrogen and oxygen atoms in total. The lowest BCUT2D eigenvalue weighted by Gasteiger charge is -2.28. The molecule has 0 aliphatic carbocycles. The monoisotopic (exact) mass is 264 g/mol. The predicted molar refractivity (Wildman–Crippen MR) is 73.6 cm³/mol. The summed E-state index contributed by atoms with van der Waals surface area (Å²) in [5.41, 5.74) is 6.96. The molecule has 2 rings (SSSR count). The molecule has 104 valence electrons. The first kappa shape index (κ1) is 13.6. The van der Waals surface area contributed by atoms with Crippen LogP contribution in [0, 0.1) is 5.92 Å². The molecule has 6 heteroatoms. The minimum Gasteiger partial charge on any atom is -0.409 e. The Morgan fingerprint density at radius 2 is 2.47 bits per heavy atom. The molecule has 1 aliphatic heterocycles. The fourth-order valence-corrected chi connectivity index (χ4v) is 2.26. The Labute approximate surface area is 112 Å². The average molecular weight is 264 g/mol. The van der Waals surface area contributed by atoms with Gasteiger partial charge < -0.3 is 20.6 Å². The summed E-state index contributed by atoms with van der Waals surface area (Å²) in [6, 6.07) is 3.67. The van der Waals surface area contributed by atoms with Crippen molar-refractivity contribution in [2.24, 2.45) is 16.8 Å². The van der Waals surface area contributed by atoms with E-state index >= 15 is 0 Å². The number of nitrogens with two attached hydrogens (primary N) is 1. The number of rotatable bonds is 4. The summed E-state index contributed by atoms with van der Waals surface area (Å²) in [7, 11) is 2.04. The molecule has 0 saturated carbocycles. The van der Waals surface area contributed by atoms with Crippen molar-refractivity contribution in [3.63, 3.8) is 0 Å². The zero-order chi connectivity index (χ0) is 13.7. The van der Waals surface area contributed by atoms with E-state index in [1.165, 1.54) is 6.42 Å². The summed E-state index contributed by atoms with van der Waals surface area (Å²) in [4.78, 5) is 6.33. The van der Waals surface area contributed by atoms with Gasteiger partial charge >= 0.3 is 0 Å². The van der Waals surface area contributed by atoms with Crippen LogP contribution in [0.1, 0.15) is 18.5 Å². The molecule has 2 heterocycles. The van der Waals surface area contributed by atoms with E-state index in [0.717, 1.165) is 31.9 Å². The molecule has 1 unspecified atom stereocenters. The van der Waals surface area contributed by atoms with Crippen molar-refractivity contribution in [3.05, 3.63) is 24.0 Å². The van der Waals surface area contributed by atoms with Gasteiger partial charge in [-0.1, -0.05) is 5.16 Å². The number of aromatic nitrogens is 1. The molecular formula is C13H20N4O2. The SMILES string of the molecule is CN(CC1CCCOC1)c1ccc(/C(N)=N/O)nc1. The van der Waals surface area contributed by atoms with E-state index in [1.54, 1.807) is 12.3 Å². The van der Waals surface area contributed by atoms with Crippen LogP contribution in [-0.2, 0) is 4.74 Å². The van der Waals surface area contributed by atoms with Gasteiger partial charge in [0, 0.05) is 20.2 Å². The third-order valence-corrected chi connectivity index (χ3v) is 3.35. The van der Waals surface area contributed by atoms with Gasteiger partial charge in [-0.2, -0.15) is 0 Å². The van der Waals surface area contributed by atoms with Crippen LogP contribution < -0.4 is 10.6 Å². The van der Waals surface area contributed by atoms with Gasteiger partial charge in [0.1, 0.15) is 5.69 Å². The molecule has 0 amide bonds. The van der Waals surface area contributed by atoms with E-state index < -0.39 is 0 Å². The topological polar surface area (TPSA) is 84.0 Å². The molecule has 1 atom stereocenters. The lowest BCUT2D eigenvalue weighted by molar-refractivity contribution is 0.0576. The van der Waals surface area contributed by atoms with Gasteiger partial charge in [0.05, 0.1) is 18.5 Å². The quantitative estimate of drug-likeness (QED) is 0.367. The van der Waals surface area contributed by atoms with Gasteiger partial charge in [-0.05, 0) is 30.9 Å². The third kappa shape index (κ3) is 3.57. The van der Waals surface area contributed by atoms with Crippen molar-refractivity contribution in [2.75, 3.05) is 31.7 Å². The highest BCUT2D eigenvalue weighted by atomic mass is 16.5. The summed E-state index contributed by atoms with van der Waals surface area (Å²) < 4.78 is 5.48. The Balaban J connectivity index is 1.96. The molecule has 0 spiro atoms. The first-order valence-electron chi connectivity index (χ1n) is 6.43. The summed E-state index contributed by atoms with van der Waals surface area (Å²) in [6.07, 6.45) is 4.08. The van der Waals surface area contributed by atoms with Gasteiger partial charge in [0.15, 0.2) is 5.84 Å². The zero-order valence-corrected chi connectivity index (χ0v) is 11.1. The van der Waals surface area contributed by atoms with Crippen molar-refractivity contribution in [1.29, 1.82) is 0 Å². The number of hydrogen-bond acceptors (Lipinski definition) is 5. The first-order valence-corrected chi connectivity index (χ1v) is 6.43. The van der Waals surface area contributed by atoms with Crippen LogP contribution in [0.3, 0.4) is 0 Å². The largest absolute Gasteiger partial charge is 0.409 e. The standard InChI is InChI=1S/C13H20N4O2/c1-17(8-10-3-2-6-19-9-10)11-4-5-12(15-7-11)13(14)16-18/h4-5,7,10,18H,2-3,6,8-9H2,1H3,(H2,14,16). The highest BCUT2D eigenvalue weighted by Gasteiger charge is 2.16. The van der Waals surface area contributed by atoms with Crippen molar-refractivity contribution >= 4 is 11.5 Å². The maximum absolute atomic E-state index is 8.58. The molecule has 19 heavy (non-hydrogen) atoms. The number of nitrogens with zero attached hydrogens (tertiary/aromatic N) is 3. The van der Waals surface area contributed by atoms with E-state index in [1.807, 2.05) is 13.1 Å². The van der Waals surface area contributed by atoms with Crippen molar-refractivity contribution in [1.82, 2.24) is 4.98 Å². The molecular weight excluding hydrogens is 244 g/mol. The lowest BCUT2D eigenvalue weighted by atomic mass is 10.0. The highest BCUT2D eigenvalue weighted by molar-refractivity contribution is 5.95. The van der Waals surface area contributed by atoms with Gasteiger partial charge in [0.2, 0.25) is 0 Å². The summed E-state index contributed by atoms with van der Waals surface area (Å²) >= 11 is 0. The predicted octanol–water partition coefficient (Wildman–Crippen LogP) is 1.04. The Morgan fingerprint density at radius 1 is 1.63 bits per heavy atom. The Bertz CT molecular complexity index is 427. The van der Waals surface area contributed by atoms with E-state index in [4.69, 9.17) is 15.7 Å². The highest BCUT2D eigenvalue weighted by Crippen LogP contribution is 2.18. The second-order valence-corrected chi connectivity index (χ2v) is 4.85. The van der Waals surface area contributed by atoms with Crippen LogP contribution in [-0.4, -0.2) is 42.8 Å². The third-order valence-electron chi connectivity index (χ3n) is 3.35. The Hall–Kier alpha value is -1.82. The van der Waals surface area contributed by atoms with Crippen molar-refractivity contribution < 1.29 is 9.94 Å². The van der Waals surface area contributed by atoms with Crippen LogP contribution in [0.2, 0.25) is 0 Å². The molecule has 1 fully saturated rings. The van der Waals surface area contributed by atoms with E-state index in [-0.39, 0.29) is 5.84 Å². The molecule has 0 aromatic carbocycles. The van der Waals surface area contributed by atoms with Crippen molar-refractivity contribution in [2.45, 2.75) is 12.8 Å². The fraction of sp³-hybridized carbons (Fsp3) is 0.538. The second kappa shape index (κ2) is 6.38. The van der Waals surface area contributed by atoms with E-state index in [9.17, 15) is 0 Å². The molecule has 0 radical (unpaired) electrons. The molecule has 1 aliphatic rings. The maximum Gasteiger partial charge on any atom is 0.188 e. The number of pyridine rings is 1. The van der Waals surface area contributed by atoms with E-state index in [0.29, 0.717) is 11.6 Å². The van der Waals surface area contributed by atoms with Crippen LogP contribution >= 0.6 is 0 Å². The van der Waals surface area contributed by atoms with Crippen LogP contribution in [0.5, 0.6) is 0 Å². The minimum absolute atomic E-state index is 0.0230. The summed E-state index contributed by atoms with van der Waals surface area (Å²) in [5, 5.41) is 11.5. The smallest absolute Gasteiger partial charge is 0.188 e. The summed E-state index contributed by atoms with van der Waals surface area (Å²) in [6.45, 7) is 2.67. The van der Waals surface area contributed by atoms with Crippen LogP contribution in [0.25, 0.3) is 0 Å². The number of anilines is 1. The lowest BCUT2D eigenvalue weighted by Crippen LogP contribution is -2.31. The number of ether oxygens (including phenoxy) is 1. The van der Waals surface area contributed by atoms with Crippen molar-refractivity contribution in [3.8, 4) is 0 Å². The molecule has 1 aromatic rings. The average Bonchev–Trinajstić information content (AvgIpc) is 2.47. The first-order chi connectivity index (χ1) is 9.20. The minimum atomic E-state index is 0.0230. The molecule has 0 bridgehead atoms. The van der Waals surface area contributed by atoms with Gasteiger partial charge in [-0.15, -0.1) is 0 Å². The van der Waals surface area contributed by atoms with Gasteiger partial charge in [-0.25, -0.2) is 0 Å². The van der Waals surface area contributed by atoms with E-state index in [2.05, 4.69) is 15.0 Å². The zero-order valence-electron chi connectivity index (χ0n) is 11.1. The fourth-order valence-electron chi connectivity index (χ4n) is 2.26. The summed E-state index contributed by atoms with van der Waals surface area (Å²) in [5.74, 6) is 0.595. The normalized spacial score (nSPS) is 20.3.